The van der Waals surface area contributed by atoms with Gasteiger partial charge in [-0.2, -0.15) is 0 Å². The van der Waals surface area contributed by atoms with E-state index in [1.165, 1.54) is 0 Å². The summed E-state index contributed by atoms with van der Waals surface area (Å²) in [6.45, 7) is 6.82. The van der Waals surface area contributed by atoms with Crippen molar-refractivity contribution < 1.29 is 13.4 Å². The van der Waals surface area contributed by atoms with Gasteiger partial charge in [-0.05, 0) is 69.6 Å². The van der Waals surface area contributed by atoms with Crippen LogP contribution in [0.5, 0.6) is 0 Å². The zero-order chi connectivity index (χ0) is 21.1. The third-order valence-electron chi connectivity index (χ3n) is 5.67. The Labute approximate surface area is 179 Å². The molecule has 0 radical (unpaired) electrons. The van der Waals surface area contributed by atoms with E-state index >= 15 is 0 Å². The van der Waals surface area contributed by atoms with Gasteiger partial charge in [0.1, 0.15) is 0 Å². The molecule has 158 valence electrons. The van der Waals surface area contributed by atoms with Gasteiger partial charge in [0.15, 0.2) is 11.3 Å². The van der Waals surface area contributed by atoms with Gasteiger partial charge in [0.05, 0.1) is 17.0 Å². The normalized spacial score (nSPS) is 16.8. The van der Waals surface area contributed by atoms with Gasteiger partial charge in [-0.25, -0.2) is 0 Å². The molecule has 1 aliphatic heterocycles. The monoisotopic (exact) mass is 425 g/mol. The standard InChI is InChI=1S/C23H27N3O3S/c1-16(2)26-11-8-20(9-12-26)30(28)19-5-3-17(4-6-19)14-25-23(27)21-13-18-7-10-24-15-22(18)29-21/h3-7,10,13,15-16,20H,8-9,11-12,14H2,1-2H3,(H,25,27)/t30-/m0/s1. The van der Waals surface area contributed by atoms with Gasteiger partial charge in [-0.3, -0.25) is 14.0 Å². The number of fused-ring (bicyclic) bond motifs is 1. The lowest BCUT2D eigenvalue weighted by atomic mass is 10.1. The number of likely N-dealkylation sites (tertiary alicyclic amines) is 1. The average molecular weight is 426 g/mol. The zero-order valence-electron chi connectivity index (χ0n) is 17.3. The molecular weight excluding hydrogens is 398 g/mol. The maximum Gasteiger partial charge on any atom is 0.287 e. The highest BCUT2D eigenvalue weighted by Gasteiger charge is 2.25. The van der Waals surface area contributed by atoms with E-state index in [1.54, 1.807) is 24.5 Å². The lowest BCUT2D eigenvalue weighted by molar-refractivity contribution is 0.0925. The number of aromatic nitrogens is 1. The average Bonchev–Trinajstić information content (AvgIpc) is 3.22. The second kappa shape index (κ2) is 9.10. The van der Waals surface area contributed by atoms with E-state index in [2.05, 4.69) is 29.0 Å². The first-order valence-corrected chi connectivity index (χ1v) is 11.6. The van der Waals surface area contributed by atoms with Crippen LogP contribution in [-0.4, -0.2) is 44.4 Å². The predicted molar refractivity (Wildman–Crippen MR) is 118 cm³/mol. The smallest absolute Gasteiger partial charge is 0.287 e. The van der Waals surface area contributed by atoms with Crippen LogP contribution in [0.25, 0.3) is 11.0 Å². The van der Waals surface area contributed by atoms with Gasteiger partial charge in [0.2, 0.25) is 0 Å². The van der Waals surface area contributed by atoms with Crippen molar-refractivity contribution in [2.45, 2.75) is 49.4 Å². The van der Waals surface area contributed by atoms with E-state index in [9.17, 15) is 9.00 Å². The molecule has 1 amide bonds. The first kappa shape index (κ1) is 20.8. The second-order valence-corrected chi connectivity index (χ2v) is 9.71. The van der Waals surface area contributed by atoms with Gasteiger partial charge in [0.25, 0.3) is 5.91 Å². The second-order valence-electron chi connectivity index (χ2n) is 7.98. The molecule has 1 saturated heterocycles. The van der Waals surface area contributed by atoms with E-state index in [-0.39, 0.29) is 16.9 Å². The fraction of sp³-hybridized carbons (Fsp3) is 0.391. The summed E-state index contributed by atoms with van der Waals surface area (Å²) in [6, 6.07) is 11.8. The first-order chi connectivity index (χ1) is 14.5. The minimum Gasteiger partial charge on any atom is -0.449 e. The maximum absolute atomic E-state index is 12.9. The molecule has 3 aromatic rings. The molecule has 7 heteroatoms. The summed E-state index contributed by atoms with van der Waals surface area (Å²) in [7, 11) is -0.993. The Kier molecular flexibility index (Phi) is 6.29. The summed E-state index contributed by atoms with van der Waals surface area (Å²) >= 11 is 0. The van der Waals surface area contributed by atoms with Gasteiger partial charge in [0, 0.05) is 34.3 Å². The van der Waals surface area contributed by atoms with E-state index in [0.717, 1.165) is 41.8 Å². The van der Waals surface area contributed by atoms with Crippen molar-refractivity contribution in [1.29, 1.82) is 0 Å². The summed E-state index contributed by atoms with van der Waals surface area (Å²) < 4.78 is 18.5. The van der Waals surface area contributed by atoms with Crippen molar-refractivity contribution in [3.8, 4) is 0 Å². The fourth-order valence-electron chi connectivity index (χ4n) is 3.81. The highest BCUT2D eigenvalue weighted by Crippen LogP contribution is 2.23. The number of nitrogens with zero attached hydrogens (tertiary/aromatic N) is 2. The van der Waals surface area contributed by atoms with Crippen molar-refractivity contribution in [3.63, 3.8) is 0 Å². The van der Waals surface area contributed by atoms with Gasteiger partial charge < -0.3 is 14.6 Å². The van der Waals surface area contributed by atoms with Gasteiger partial charge in [-0.1, -0.05) is 12.1 Å². The van der Waals surface area contributed by atoms with Crippen LogP contribution in [0.3, 0.4) is 0 Å². The summed E-state index contributed by atoms with van der Waals surface area (Å²) in [4.78, 5) is 19.7. The molecule has 1 atom stereocenters. The minimum atomic E-state index is -0.993. The topological polar surface area (TPSA) is 75.4 Å². The molecule has 1 N–H and O–H groups in total. The van der Waals surface area contributed by atoms with Crippen molar-refractivity contribution >= 4 is 27.7 Å². The van der Waals surface area contributed by atoms with Gasteiger partial charge >= 0.3 is 0 Å². The summed E-state index contributed by atoms with van der Waals surface area (Å²) in [6.07, 6.45) is 5.20. The Hall–Kier alpha value is -2.51. The van der Waals surface area contributed by atoms with E-state index in [0.29, 0.717) is 18.2 Å². The molecule has 3 heterocycles. The molecule has 0 saturated carbocycles. The van der Waals surface area contributed by atoms with E-state index in [4.69, 9.17) is 4.42 Å². The molecule has 0 spiro atoms. The quantitative estimate of drug-likeness (QED) is 0.651. The number of piperidine rings is 1. The third-order valence-corrected chi connectivity index (χ3v) is 7.48. The predicted octanol–water partition coefficient (Wildman–Crippen LogP) is 3.74. The molecule has 0 aliphatic carbocycles. The summed E-state index contributed by atoms with van der Waals surface area (Å²) in [5, 5.41) is 3.93. The molecule has 1 aliphatic rings. The summed E-state index contributed by atoms with van der Waals surface area (Å²) in [5.41, 5.74) is 1.55. The zero-order valence-corrected chi connectivity index (χ0v) is 18.2. The van der Waals surface area contributed by atoms with Gasteiger partial charge in [-0.15, -0.1) is 0 Å². The highest BCUT2D eigenvalue weighted by molar-refractivity contribution is 7.85. The van der Waals surface area contributed by atoms with Crippen molar-refractivity contribution in [3.05, 3.63) is 60.1 Å². The fourth-order valence-corrected chi connectivity index (χ4v) is 5.23. The van der Waals surface area contributed by atoms with E-state index in [1.807, 2.05) is 24.3 Å². The lowest BCUT2D eigenvalue weighted by Crippen LogP contribution is -2.41. The number of amides is 1. The molecule has 0 unspecified atom stereocenters. The van der Waals surface area contributed by atoms with E-state index < -0.39 is 10.8 Å². The minimum absolute atomic E-state index is 0.216. The molecular formula is C23H27N3O3S. The maximum atomic E-state index is 12.9. The van der Waals surface area contributed by atoms with Crippen molar-refractivity contribution in [1.82, 2.24) is 15.2 Å². The SMILES string of the molecule is CC(C)N1CCC([S@@](=O)c2ccc(CNC(=O)c3cc4ccncc4o3)cc2)CC1. The Morgan fingerprint density at radius 2 is 1.97 bits per heavy atom. The van der Waals surface area contributed by atoms with Crippen LogP contribution in [0.2, 0.25) is 0 Å². The molecule has 4 rings (SSSR count). The highest BCUT2D eigenvalue weighted by atomic mass is 32.2. The van der Waals surface area contributed by atoms with Crippen LogP contribution in [0, 0.1) is 0 Å². The molecule has 2 aromatic heterocycles. The molecule has 6 nitrogen and oxygen atoms in total. The first-order valence-electron chi connectivity index (χ1n) is 10.4. The Morgan fingerprint density at radius 1 is 1.23 bits per heavy atom. The van der Waals surface area contributed by atoms with Crippen LogP contribution in [0.4, 0.5) is 0 Å². The number of hydrogen-bond donors (Lipinski definition) is 1. The lowest BCUT2D eigenvalue weighted by Gasteiger charge is -2.34. The van der Waals surface area contributed by atoms with Crippen LogP contribution in [0.15, 0.2) is 58.1 Å². The summed E-state index contributed by atoms with van der Waals surface area (Å²) in [5.74, 6) is -0.000714. The molecule has 1 fully saturated rings. The molecule has 30 heavy (non-hydrogen) atoms. The molecule has 1 aromatic carbocycles. The third kappa shape index (κ3) is 4.63. The number of hydrogen-bond acceptors (Lipinski definition) is 5. The Morgan fingerprint density at radius 3 is 2.63 bits per heavy atom. The number of carbonyl (C=O) groups is 1. The number of carbonyl (C=O) groups excluding carboxylic acids is 1. The number of nitrogens with one attached hydrogen (secondary N) is 1. The number of benzene rings is 1. The van der Waals surface area contributed by atoms with Crippen LogP contribution in [-0.2, 0) is 17.3 Å². The van der Waals surface area contributed by atoms with Crippen LogP contribution < -0.4 is 5.32 Å². The largest absolute Gasteiger partial charge is 0.449 e. The number of rotatable bonds is 6. The number of furan rings is 1. The molecule has 0 bridgehead atoms. The van der Waals surface area contributed by atoms with Crippen molar-refractivity contribution in [2.75, 3.05) is 13.1 Å². The van der Waals surface area contributed by atoms with Crippen molar-refractivity contribution in [2.24, 2.45) is 0 Å². The Balaban J connectivity index is 1.32. The van der Waals surface area contributed by atoms with Crippen LogP contribution in [0.1, 0.15) is 42.8 Å². The van der Waals surface area contributed by atoms with Crippen LogP contribution >= 0.6 is 0 Å². The number of pyridine rings is 1. The Bertz CT molecular complexity index is 1000.